The van der Waals surface area contributed by atoms with Gasteiger partial charge in [0.25, 0.3) is 5.69 Å². The molecule has 2 aromatic rings. The van der Waals surface area contributed by atoms with Crippen molar-refractivity contribution in [1.29, 1.82) is 0 Å². The first-order chi connectivity index (χ1) is 7.70. The van der Waals surface area contributed by atoms with Gasteiger partial charge in [-0.25, -0.2) is 5.84 Å². The van der Waals surface area contributed by atoms with Crippen LogP contribution in [0.2, 0.25) is 0 Å². The molecule has 1 aromatic carbocycles. The van der Waals surface area contributed by atoms with Crippen molar-refractivity contribution in [3.8, 4) is 11.1 Å². The molecular formula is C10H9N3O2S. The van der Waals surface area contributed by atoms with Crippen molar-refractivity contribution in [2.45, 2.75) is 0 Å². The summed E-state index contributed by atoms with van der Waals surface area (Å²) >= 11 is 1.45. The number of hydrazine groups is 1. The monoisotopic (exact) mass is 235 g/mol. The molecule has 0 radical (unpaired) electrons. The van der Waals surface area contributed by atoms with Crippen molar-refractivity contribution in [1.82, 2.24) is 0 Å². The fraction of sp³-hybridized carbons (Fsp3) is 0. The Labute approximate surface area is 95.6 Å². The minimum absolute atomic E-state index is 0.0888. The van der Waals surface area contributed by atoms with E-state index in [1.165, 1.54) is 17.4 Å². The van der Waals surface area contributed by atoms with E-state index in [-0.39, 0.29) is 5.69 Å². The van der Waals surface area contributed by atoms with Gasteiger partial charge in [-0.3, -0.25) is 10.1 Å². The zero-order chi connectivity index (χ0) is 11.5. The molecule has 1 heterocycles. The predicted octanol–water partition coefficient (Wildman–Crippen LogP) is 2.61. The molecule has 5 nitrogen and oxygen atoms in total. The number of non-ortho nitro benzene ring substituents is 1. The maximum absolute atomic E-state index is 10.6. The topological polar surface area (TPSA) is 81.2 Å². The van der Waals surface area contributed by atoms with Gasteiger partial charge in [0.05, 0.1) is 4.92 Å². The molecule has 1 aromatic heterocycles. The van der Waals surface area contributed by atoms with Gasteiger partial charge in [0, 0.05) is 17.5 Å². The van der Waals surface area contributed by atoms with Gasteiger partial charge in [-0.1, -0.05) is 12.1 Å². The SMILES string of the molecule is NNc1cc(-c2cccc([N+](=O)[O-])c2)cs1. The number of hydrogen-bond acceptors (Lipinski definition) is 5. The summed E-state index contributed by atoms with van der Waals surface area (Å²) in [5, 5.41) is 13.3. The number of hydrogen-bond donors (Lipinski definition) is 2. The molecule has 0 atom stereocenters. The lowest BCUT2D eigenvalue weighted by molar-refractivity contribution is -0.384. The Morgan fingerprint density at radius 3 is 2.75 bits per heavy atom. The molecule has 0 saturated carbocycles. The second-order valence-electron chi connectivity index (χ2n) is 3.15. The van der Waals surface area contributed by atoms with Crippen LogP contribution in [-0.4, -0.2) is 4.92 Å². The number of thiophene rings is 1. The van der Waals surface area contributed by atoms with Gasteiger partial charge in [0.1, 0.15) is 5.00 Å². The third-order valence-electron chi connectivity index (χ3n) is 2.13. The molecule has 0 aliphatic carbocycles. The van der Waals surface area contributed by atoms with Crippen molar-refractivity contribution < 1.29 is 4.92 Å². The van der Waals surface area contributed by atoms with Crippen LogP contribution in [0, 0.1) is 10.1 Å². The molecule has 0 aliphatic rings. The van der Waals surface area contributed by atoms with Gasteiger partial charge in [0.2, 0.25) is 0 Å². The van der Waals surface area contributed by atoms with Crippen molar-refractivity contribution in [2.75, 3.05) is 5.43 Å². The molecule has 6 heteroatoms. The normalized spacial score (nSPS) is 10.1. The predicted molar refractivity (Wildman–Crippen MR) is 64.2 cm³/mol. The second-order valence-corrected chi connectivity index (χ2v) is 4.06. The van der Waals surface area contributed by atoms with E-state index < -0.39 is 4.92 Å². The summed E-state index contributed by atoms with van der Waals surface area (Å²) < 4.78 is 0. The van der Waals surface area contributed by atoms with E-state index in [2.05, 4.69) is 5.43 Å². The number of nitrogens with one attached hydrogen (secondary N) is 1. The van der Waals surface area contributed by atoms with Crippen LogP contribution in [0.3, 0.4) is 0 Å². The molecule has 0 unspecified atom stereocenters. The Morgan fingerprint density at radius 2 is 2.12 bits per heavy atom. The maximum Gasteiger partial charge on any atom is 0.270 e. The van der Waals surface area contributed by atoms with Crippen LogP contribution < -0.4 is 11.3 Å². The van der Waals surface area contributed by atoms with Crippen LogP contribution in [-0.2, 0) is 0 Å². The Bertz CT molecular complexity index is 524. The number of nitrogens with two attached hydrogens (primary N) is 1. The van der Waals surface area contributed by atoms with Crippen LogP contribution in [0.15, 0.2) is 35.7 Å². The quantitative estimate of drug-likeness (QED) is 0.486. The summed E-state index contributed by atoms with van der Waals surface area (Å²) in [6, 6.07) is 8.36. The van der Waals surface area contributed by atoms with E-state index in [4.69, 9.17) is 5.84 Å². The van der Waals surface area contributed by atoms with Crippen molar-refractivity contribution in [3.05, 3.63) is 45.8 Å². The van der Waals surface area contributed by atoms with Gasteiger partial charge < -0.3 is 5.43 Å². The largest absolute Gasteiger partial charge is 0.315 e. The van der Waals surface area contributed by atoms with Crippen molar-refractivity contribution >= 4 is 22.0 Å². The average Bonchev–Trinajstić information content (AvgIpc) is 2.77. The summed E-state index contributed by atoms with van der Waals surface area (Å²) in [6.07, 6.45) is 0. The lowest BCUT2D eigenvalue weighted by Gasteiger charge is -1.97. The number of nitrogens with zero attached hydrogens (tertiary/aromatic N) is 1. The van der Waals surface area contributed by atoms with Gasteiger partial charge in [-0.05, 0) is 17.2 Å². The van der Waals surface area contributed by atoms with Crippen LogP contribution in [0.4, 0.5) is 10.7 Å². The molecule has 82 valence electrons. The highest BCUT2D eigenvalue weighted by molar-refractivity contribution is 7.14. The van der Waals surface area contributed by atoms with E-state index >= 15 is 0 Å². The van der Waals surface area contributed by atoms with Crippen LogP contribution in [0.1, 0.15) is 0 Å². The van der Waals surface area contributed by atoms with Gasteiger partial charge in [-0.2, -0.15) is 0 Å². The Hall–Kier alpha value is -1.92. The smallest absolute Gasteiger partial charge is 0.270 e. The van der Waals surface area contributed by atoms with Gasteiger partial charge >= 0.3 is 0 Å². The van der Waals surface area contributed by atoms with Crippen LogP contribution in [0.25, 0.3) is 11.1 Å². The third-order valence-corrected chi connectivity index (χ3v) is 2.99. The lowest BCUT2D eigenvalue weighted by Crippen LogP contribution is -2.04. The minimum Gasteiger partial charge on any atom is -0.315 e. The fourth-order valence-electron chi connectivity index (χ4n) is 1.36. The number of benzene rings is 1. The minimum atomic E-state index is -0.405. The van der Waals surface area contributed by atoms with Crippen molar-refractivity contribution in [2.24, 2.45) is 5.84 Å². The second kappa shape index (κ2) is 4.30. The van der Waals surface area contributed by atoms with Gasteiger partial charge in [-0.15, -0.1) is 11.3 Å². The van der Waals surface area contributed by atoms with E-state index in [1.807, 2.05) is 17.5 Å². The number of nitro groups is 1. The maximum atomic E-state index is 10.6. The summed E-state index contributed by atoms with van der Waals surface area (Å²) in [5.74, 6) is 5.27. The van der Waals surface area contributed by atoms with E-state index in [0.717, 1.165) is 16.1 Å². The summed E-state index contributed by atoms with van der Waals surface area (Å²) in [5.41, 5.74) is 4.36. The lowest BCUT2D eigenvalue weighted by atomic mass is 10.1. The van der Waals surface area contributed by atoms with E-state index in [9.17, 15) is 10.1 Å². The molecule has 0 amide bonds. The van der Waals surface area contributed by atoms with E-state index in [0.29, 0.717) is 0 Å². The average molecular weight is 235 g/mol. The first kappa shape index (κ1) is 10.6. The Morgan fingerprint density at radius 1 is 1.31 bits per heavy atom. The molecule has 3 N–H and O–H groups in total. The number of anilines is 1. The van der Waals surface area contributed by atoms with Crippen LogP contribution >= 0.6 is 11.3 Å². The standard InChI is InChI=1S/C10H9N3O2S/c11-12-10-5-8(6-16-10)7-2-1-3-9(4-7)13(14)15/h1-6,12H,11H2. The third kappa shape index (κ3) is 2.02. The molecule has 0 saturated heterocycles. The molecule has 0 aliphatic heterocycles. The number of nitrogen functional groups attached to an aromatic ring is 1. The van der Waals surface area contributed by atoms with E-state index in [1.54, 1.807) is 12.1 Å². The number of nitro benzene ring substituents is 1. The highest BCUT2D eigenvalue weighted by Crippen LogP contribution is 2.30. The highest BCUT2D eigenvalue weighted by atomic mass is 32.1. The first-order valence-corrected chi connectivity index (χ1v) is 5.38. The van der Waals surface area contributed by atoms with Crippen molar-refractivity contribution in [3.63, 3.8) is 0 Å². The Kier molecular flexibility index (Phi) is 2.84. The molecule has 2 rings (SSSR count). The fourth-order valence-corrected chi connectivity index (χ4v) is 2.08. The molecule has 0 spiro atoms. The molecule has 0 bridgehead atoms. The zero-order valence-corrected chi connectivity index (χ0v) is 9.03. The molecule has 0 fully saturated rings. The first-order valence-electron chi connectivity index (χ1n) is 4.50. The van der Waals surface area contributed by atoms with Crippen LogP contribution in [0.5, 0.6) is 0 Å². The Balaban J connectivity index is 2.40. The zero-order valence-electron chi connectivity index (χ0n) is 8.21. The summed E-state index contributed by atoms with van der Waals surface area (Å²) in [4.78, 5) is 10.2. The summed E-state index contributed by atoms with van der Waals surface area (Å²) in [6.45, 7) is 0. The number of rotatable bonds is 3. The highest BCUT2D eigenvalue weighted by Gasteiger charge is 2.08. The molecular weight excluding hydrogens is 226 g/mol. The summed E-state index contributed by atoms with van der Waals surface area (Å²) in [7, 11) is 0. The van der Waals surface area contributed by atoms with Gasteiger partial charge in [0.15, 0.2) is 0 Å². The molecule has 16 heavy (non-hydrogen) atoms.